The van der Waals surface area contributed by atoms with E-state index in [0.717, 1.165) is 46.9 Å². The molecule has 6 heteroatoms. The minimum atomic E-state index is -0.467. The molecule has 38 heavy (non-hydrogen) atoms. The molecule has 0 radical (unpaired) electrons. The highest BCUT2D eigenvalue weighted by atomic mass is 16.6. The van der Waals surface area contributed by atoms with E-state index in [1.807, 2.05) is 49.4 Å². The van der Waals surface area contributed by atoms with Crippen LogP contribution in [0, 0.1) is 5.92 Å². The van der Waals surface area contributed by atoms with Crippen LogP contribution in [0.3, 0.4) is 0 Å². The van der Waals surface area contributed by atoms with Crippen LogP contribution in [0.2, 0.25) is 0 Å². The molecule has 0 fully saturated rings. The van der Waals surface area contributed by atoms with Crippen molar-refractivity contribution in [3.8, 4) is 17.2 Å². The number of allylic oxidation sites excluding steroid dienone is 2. The number of hydrogen-bond acceptors (Lipinski definition) is 5. The van der Waals surface area contributed by atoms with Crippen molar-refractivity contribution in [2.24, 2.45) is 5.92 Å². The molecule has 0 heterocycles. The van der Waals surface area contributed by atoms with Gasteiger partial charge in [0.25, 0.3) is 0 Å². The number of ether oxygens (including phenoxy) is 3. The number of unbranched alkanes of at least 4 members (excludes halogenated alkanes) is 2. The van der Waals surface area contributed by atoms with Gasteiger partial charge in [-0.3, -0.25) is 9.59 Å². The van der Waals surface area contributed by atoms with Crippen LogP contribution in [0.15, 0.2) is 66.7 Å². The Bertz CT molecular complexity index is 1260. The number of fused-ring (bicyclic) bond motifs is 1. The van der Waals surface area contributed by atoms with E-state index in [9.17, 15) is 9.59 Å². The molecule has 0 saturated heterocycles. The smallest absolute Gasteiger partial charge is 0.318 e. The number of benzene rings is 3. The number of esters is 1. The average molecular weight is 518 g/mol. The van der Waals surface area contributed by atoms with Crippen LogP contribution >= 0.6 is 0 Å². The Morgan fingerprint density at radius 1 is 0.868 bits per heavy atom. The van der Waals surface area contributed by atoms with Crippen LogP contribution in [0.4, 0.5) is 0 Å². The minimum absolute atomic E-state index is 0.0231. The van der Waals surface area contributed by atoms with E-state index >= 15 is 0 Å². The minimum Gasteiger partial charge on any atom is -0.497 e. The number of carbonyl (C=O) groups is 2. The fraction of sp³-hybridized carbons (Fsp3) is 0.375. The van der Waals surface area contributed by atoms with Crippen molar-refractivity contribution in [2.45, 2.75) is 58.9 Å². The van der Waals surface area contributed by atoms with Crippen molar-refractivity contribution in [3.05, 3.63) is 77.9 Å². The molecule has 3 rings (SSSR count). The maximum atomic E-state index is 13.0. The standard InChI is InChI=1S/C32H39NO5/c1-22(2)10-8-6-7-9-11-31(34)33-21-24-12-17-29(30(18-24)37-5)38-32(35)23(3)25-13-14-27-20-28(36-4)16-15-26(27)19-25/h8,10,12-20,22-23H,6-7,9,11,21H2,1-5H3,(H,33,34)/b10-8+. The average Bonchev–Trinajstić information content (AvgIpc) is 2.92. The monoisotopic (exact) mass is 517 g/mol. The van der Waals surface area contributed by atoms with Crippen molar-refractivity contribution in [2.75, 3.05) is 14.2 Å². The largest absolute Gasteiger partial charge is 0.497 e. The third-order valence-corrected chi connectivity index (χ3v) is 6.40. The molecule has 1 N–H and O–H groups in total. The number of methoxy groups -OCH3 is 2. The first-order chi connectivity index (χ1) is 18.3. The summed E-state index contributed by atoms with van der Waals surface area (Å²) in [6.45, 7) is 6.51. The Hall–Kier alpha value is -3.80. The zero-order valence-corrected chi connectivity index (χ0v) is 23.1. The molecule has 202 valence electrons. The van der Waals surface area contributed by atoms with Crippen LogP contribution < -0.4 is 19.5 Å². The van der Waals surface area contributed by atoms with E-state index in [2.05, 4.69) is 31.3 Å². The van der Waals surface area contributed by atoms with Crippen molar-refractivity contribution in [1.29, 1.82) is 0 Å². The van der Waals surface area contributed by atoms with Crippen LogP contribution in [-0.4, -0.2) is 26.1 Å². The Kier molecular flexibility index (Phi) is 10.8. The molecular formula is C32H39NO5. The van der Waals surface area contributed by atoms with Gasteiger partial charge >= 0.3 is 5.97 Å². The first-order valence-electron chi connectivity index (χ1n) is 13.2. The Morgan fingerprint density at radius 2 is 1.63 bits per heavy atom. The Labute approximate surface area is 226 Å². The summed E-state index contributed by atoms with van der Waals surface area (Å²) in [7, 11) is 3.17. The summed E-state index contributed by atoms with van der Waals surface area (Å²) < 4.78 is 16.5. The third kappa shape index (κ3) is 8.37. The SMILES string of the molecule is COc1ccc2cc(C(C)C(=O)Oc3ccc(CNC(=O)CCCC/C=C/C(C)C)cc3OC)ccc2c1. The predicted octanol–water partition coefficient (Wildman–Crippen LogP) is 6.95. The topological polar surface area (TPSA) is 73.9 Å². The molecule has 0 bridgehead atoms. The van der Waals surface area contributed by atoms with Gasteiger partial charge in [-0.2, -0.15) is 0 Å². The number of amides is 1. The highest BCUT2D eigenvalue weighted by Crippen LogP contribution is 2.31. The molecule has 0 aliphatic heterocycles. The van der Waals surface area contributed by atoms with E-state index in [-0.39, 0.29) is 11.9 Å². The number of hydrogen-bond donors (Lipinski definition) is 1. The van der Waals surface area contributed by atoms with Gasteiger partial charge in [-0.15, -0.1) is 0 Å². The second kappa shape index (κ2) is 14.2. The molecule has 1 amide bonds. The zero-order chi connectivity index (χ0) is 27.5. The number of rotatable bonds is 13. The second-order valence-corrected chi connectivity index (χ2v) is 9.80. The third-order valence-electron chi connectivity index (χ3n) is 6.40. The van der Waals surface area contributed by atoms with Gasteiger partial charge in [-0.05, 0) is 78.3 Å². The first-order valence-corrected chi connectivity index (χ1v) is 13.2. The van der Waals surface area contributed by atoms with Gasteiger partial charge in [-0.1, -0.05) is 56.3 Å². The van der Waals surface area contributed by atoms with Gasteiger partial charge in [0.05, 0.1) is 20.1 Å². The van der Waals surface area contributed by atoms with Gasteiger partial charge in [0.2, 0.25) is 5.91 Å². The lowest BCUT2D eigenvalue weighted by Gasteiger charge is -2.15. The fourth-order valence-electron chi connectivity index (χ4n) is 4.08. The summed E-state index contributed by atoms with van der Waals surface area (Å²) in [5.74, 6) is 1.32. The van der Waals surface area contributed by atoms with Gasteiger partial charge in [0.15, 0.2) is 11.5 Å². The van der Waals surface area contributed by atoms with Gasteiger partial charge in [0.1, 0.15) is 5.75 Å². The molecule has 0 aliphatic carbocycles. The first kappa shape index (κ1) is 28.8. The number of nitrogens with one attached hydrogen (secondary N) is 1. The normalized spacial score (nSPS) is 12.1. The van der Waals surface area contributed by atoms with Crippen molar-refractivity contribution in [1.82, 2.24) is 5.32 Å². The van der Waals surface area contributed by atoms with Gasteiger partial charge in [0, 0.05) is 13.0 Å². The lowest BCUT2D eigenvalue weighted by atomic mass is 9.98. The molecule has 3 aromatic rings. The molecule has 1 atom stereocenters. The molecule has 0 saturated carbocycles. The summed E-state index contributed by atoms with van der Waals surface area (Å²) in [6, 6.07) is 17.1. The van der Waals surface area contributed by atoms with E-state index < -0.39 is 5.92 Å². The molecule has 0 spiro atoms. The second-order valence-electron chi connectivity index (χ2n) is 9.80. The molecule has 6 nitrogen and oxygen atoms in total. The Balaban J connectivity index is 1.54. The van der Waals surface area contributed by atoms with E-state index in [1.165, 1.54) is 7.11 Å². The molecule has 0 aliphatic rings. The van der Waals surface area contributed by atoms with Crippen LogP contribution in [0.5, 0.6) is 17.2 Å². The van der Waals surface area contributed by atoms with Gasteiger partial charge < -0.3 is 19.5 Å². The summed E-state index contributed by atoms with van der Waals surface area (Å²) in [5.41, 5.74) is 1.73. The number of carbonyl (C=O) groups excluding carboxylic acids is 2. The van der Waals surface area contributed by atoms with E-state index in [1.54, 1.807) is 19.2 Å². The van der Waals surface area contributed by atoms with Gasteiger partial charge in [-0.25, -0.2) is 0 Å². The Morgan fingerprint density at radius 3 is 2.37 bits per heavy atom. The van der Waals surface area contributed by atoms with Crippen molar-refractivity contribution in [3.63, 3.8) is 0 Å². The fourth-order valence-corrected chi connectivity index (χ4v) is 4.08. The predicted molar refractivity (Wildman–Crippen MR) is 152 cm³/mol. The molecule has 1 unspecified atom stereocenters. The summed E-state index contributed by atoms with van der Waals surface area (Å²) >= 11 is 0. The van der Waals surface area contributed by atoms with E-state index in [4.69, 9.17) is 14.2 Å². The van der Waals surface area contributed by atoms with Crippen LogP contribution in [0.1, 0.15) is 63.5 Å². The zero-order valence-electron chi connectivity index (χ0n) is 23.1. The molecule has 3 aromatic carbocycles. The molecular weight excluding hydrogens is 478 g/mol. The van der Waals surface area contributed by atoms with E-state index in [0.29, 0.717) is 30.4 Å². The quantitative estimate of drug-likeness (QED) is 0.115. The highest BCUT2D eigenvalue weighted by molar-refractivity contribution is 5.87. The molecule has 0 aromatic heterocycles. The van der Waals surface area contributed by atoms with Crippen LogP contribution in [0.25, 0.3) is 10.8 Å². The summed E-state index contributed by atoms with van der Waals surface area (Å²) in [4.78, 5) is 25.2. The van der Waals surface area contributed by atoms with Crippen molar-refractivity contribution >= 4 is 22.6 Å². The lowest BCUT2D eigenvalue weighted by Crippen LogP contribution is -2.22. The van der Waals surface area contributed by atoms with Crippen molar-refractivity contribution < 1.29 is 23.8 Å². The maximum absolute atomic E-state index is 13.0. The summed E-state index contributed by atoms with van der Waals surface area (Å²) in [5, 5.41) is 5.01. The summed E-state index contributed by atoms with van der Waals surface area (Å²) in [6.07, 6.45) is 7.73. The highest BCUT2D eigenvalue weighted by Gasteiger charge is 2.20. The lowest BCUT2D eigenvalue weighted by molar-refractivity contribution is -0.135. The van der Waals surface area contributed by atoms with Crippen LogP contribution in [-0.2, 0) is 16.1 Å². The maximum Gasteiger partial charge on any atom is 0.318 e.